The zero-order valence-electron chi connectivity index (χ0n) is 12.1. The van der Waals surface area contributed by atoms with Gasteiger partial charge in [-0.15, -0.1) is 0 Å². The number of carbonyl (C=O) groups is 1. The Hall–Kier alpha value is -1.07. The summed E-state index contributed by atoms with van der Waals surface area (Å²) in [5, 5.41) is 3.44. The van der Waals surface area contributed by atoms with Crippen molar-refractivity contribution in [3.05, 3.63) is 34.3 Å². The SMILES string of the molecule is CC(C)(C)OC(=O)N1CC(NCc2ccccc2Br)C1. The summed E-state index contributed by atoms with van der Waals surface area (Å²) in [5.41, 5.74) is 0.799. The highest BCUT2D eigenvalue weighted by Crippen LogP contribution is 2.18. The molecule has 0 spiro atoms. The highest BCUT2D eigenvalue weighted by Gasteiger charge is 2.33. The number of hydrogen-bond donors (Lipinski definition) is 1. The van der Waals surface area contributed by atoms with Crippen LogP contribution < -0.4 is 5.32 Å². The Morgan fingerprint density at radius 1 is 1.40 bits per heavy atom. The number of rotatable bonds is 3. The van der Waals surface area contributed by atoms with Crippen molar-refractivity contribution in [2.75, 3.05) is 13.1 Å². The number of benzene rings is 1. The van der Waals surface area contributed by atoms with Crippen molar-refractivity contribution in [2.45, 2.75) is 39.0 Å². The number of hydrogen-bond acceptors (Lipinski definition) is 3. The number of halogens is 1. The van der Waals surface area contributed by atoms with Crippen molar-refractivity contribution in [1.82, 2.24) is 10.2 Å². The molecule has 0 aromatic heterocycles. The van der Waals surface area contributed by atoms with E-state index in [0.717, 1.165) is 11.0 Å². The van der Waals surface area contributed by atoms with Crippen molar-refractivity contribution in [3.63, 3.8) is 0 Å². The highest BCUT2D eigenvalue weighted by molar-refractivity contribution is 9.10. The molecule has 1 aromatic rings. The van der Waals surface area contributed by atoms with Crippen molar-refractivity contribution < 1.29 is 9.53 Å². The molecule has 1 amide bonds. The van der Waals surface area contributed by atoms with E-state index in [1.54, 1.807) is 4.90 Å². The van der Waals surface area contributed by atoms with Crippen LogP contribution in [0.4, 0.5) is 4.79 Å². The molecule has 0 bridgehead atoms. The molecule has 5 heteroatoms. The van der Waals surface area contributed by atoms with E-state index in [4.69, 9.17) is 4.74 Å². The molecule has 1 aliphatic rings. The predicted octanol–water partition coefficient (Wildman–Crippen LogP) is 3.16. The third-order valence-corrected chi connectivity index (χ3v) is 3.85. The third-order valence-electron chi connectivity index (χ3n) is 3.07. The number of likely N-dealkylation sites (tertiary alicyclic amines) is 1. The lowest BCUT2D eigenvalue weighted by molar-refractivity contribution is 0.00518. The molecule has 1 saturated heterocycles. The van der Waals surface area contributed by atoms with Crippen molar-refractivity contribution >= 4 is 22.0 Å². The van der Waals surface area contributed by atoms with E-state index in [2.05, 4.69) is 27.3 Å². The van der Waals surface area contributed by atoms with Crippen LogP contribution in [0.3, 0.4) is 0 Å². The predicted molar refractivity (Wildman–Crippen MR) is 82.6 cm³/mol. The lowest BCUT2D eigenvalue weighted by atomic mass is 10.1. The fourth-order valence-electron chi connectivity index (χ4n) is 1.98. The number of nitrogens with zero attached hydrogens (tertiary/aromatic N) is 1. The highest BCUT2D eigenvalue weighted by atomic mass is 79.9. The van der Waals surface area contributed by atoms with Gasteiger partial charge in [0.1, 0.15) is 5.60 Å². The van der Waals surface area contributed by atoms with Crippen LogP contribution in [0.25, 0.3) is 0 Å². The van der Waals surface area contributed by atoms with Crippen LogP contribution in [0.2, 0.25) is 0 Å². The van der Waals surface area contributed by atoms with Gasteiger partial charge in [-0.05, 0) is 32.4 Å². The number of ether oxygens (including phenoxy) is 1. The number of amides is 1. The Labute approximate surface area is 128 Å². The van der Waals surface area contributed by atoms with Gasteiger partial charge in [0.25, 0.3) is 0 Å². The standard InChI is InChI=1S/C15H21BrN2O2/c1-15(2,3)20-14(19)18-9-12(10-18)17-8-11-6-4-5-7-13(11)16/h4-7,12,17H,8-10H2,1-3H3. The average molecular weight is 341 g/mol. The molecule has 1 heterocycles. The topological polar surface area (TPSA) is 41.6 Å². The van der Waals surface area contributed by atoms with Crippen LogP contribution in [0.5, 0.6) is 0 Å². The molecule has 4 nitrogen and oxygen atoms in total. The quantitative estimate of drug-likeness (QED) is 0.918. The maximum Gasteiger partial charge on any atom is 0.410 e. The maximum absolute atomic E-state index is 11.8. The van der Waals surface area contributed by atoms with Crippen molar-refractivity contribution in [2.24, 2.45) is 0 Å². The first-order valence-electron chi connectivity index (χ1n) is 6.80. The van der Waals surface area contributed by atoms with E-state index in [0.29, 0.717) is 19.1 Å². The molecule has 2 rings (SSSR count). The summed E-state index contributed by atoms with van der Waals surface area (Å²) in [6, 6.07) is 8.48. The fourth-order valence-corrected chi connectivity index (χ4v) is 2.40. The van der Waals surface area contributed by atoms with Crippen LogP contribution in [-0.4, -0.2) is 35.7 Å². The molecule has 0 aliphatic carbocycles. The Bertz CT molecular complexity index is 479. The molecule has 20 heavy (non-hydrogen) atoms. The Balaban J connectivity index is 1.72. The summed E-state index contributed by atoms with van der Waals surface area (Å²) in [6.45, 7) is 7.86. The first-order valence-corrected chi connectivity index (χ1v) is 7.59. The van der Waals surface area contributed by atoms with E-state index in [9.17, 15) is 4.79 Å². The molecule has 110 valence electrons. The zero-order chi connectivity index (χ0) is 14.8. The van der Waals surface area contributed by atoms with Crippen LogP contribution >= 0.6 is 15.9 Å². The van der Waals surface area contributed by atoms with Gasteiger partial charge < -0.3 is 15.0 Å². The van der Waals surface area contributed by atoms with Crippen LogP contribution in [0.15, 0.2) is 28.7 Å². The minimum atomic E-state index is -0.426. The van der Waals surface area contributed by atoms with Gasteiger partial charge in [-0.25, -0.2) is 4.79 Å². The summed E-state index contributed by atoms with van der Waals surface area (Å²) >= 11 is 3.53. The normalized spacial score (nSPS) is 15.9. The average Bonchev–Trinajstić information content (AvgIpc) is 2.26. The largest absolute Gasteiger partial charge is 0.444 e. The smallest absolute Gasteiger partial charge is 0.410 e. The Kier molecular flexibility index (Phi) is 4.70. The van der Waals surface area contributed by atoms with E-state index in [-0.39, 0.29) is 6.09 Å². The summed E-state index contributed by atoms with van der Waals surface area (Å²) in [4.78, 5) is 13.5. The summed E-state index contributed by atoms with van der Waals surface area (Å²) in [5.74, 6) is 0. The fraction of sp³-hybridized carbons (Fsp3) is 0.533. The minimum absolute atomic E-state index is 0.226. The number of nitrogens with one attached hydrogen (secondary N) is 1. The lowest BCUT2D eigenvalue weighted by Gasteiger charge is -2.40. The van der Waals surface area contributed by atoms with Gasteiger partial charge in [-0.2, -0.15) is 0 Å². The summed E-state index contributed by atoms with van der Waals surface area (Å²) in [7, 11) is 0. The Morgan fingerprint density at radius 3 is 2.65 bits per heavy atom. The minimum Gasteiger partial charge on any atom is -0.444 e. The molecule has 0 atom stereocenters. The van der Waals surface area contributed by atoms with Gasteiger partial charge in [0.05, 0.1) is 0 Å². The lowest BCUT2D eigenvalue weighted by Crippen LogP contribution is -2.60. The van der Waals surface area contributed by atoms with Crippen LogP contribution in [0.1, 0.15) is 26.3 Å². The van der Waals surface area contributed by atoms with E-state index >= 15 is 0 Å². The van der Waals surface area contributed by atoms with E-state index in [1.807, 2.05) is 39.0 Å². The molecular formula is C15H21BrN2O2. The molecular weight excluding hydrogens is 320 g/mol. The van der Waals surface area contributed by atoms with Gasteiger partial charge in [0.2, 0.25) is 0 Å². The molecule has 0 radical (unpaired) electrons. The first kappa shape index (κ1) is 15.3. The second-order valence-corrected chi connectivity index (χ2v) is 6.91. The second-order valence-electron chi connectivity index (χ2n) is 6.05. The third kappa shape index (κ3) is 4.21. The van der Waals surface area contributed by atoms with E-state index in [1.165, 1.54) is 5.56 Å². The summed E-state index contributed by atoms with van der Waals surface area (Å²) < 4.78 is 6.43. The van der Waals surface area contributed by atoms with Gasteiger partial charge in [-0.1, -0.05) is 34.1 Å². The summed E-state index contributed by atoms with van der Waals surface area (Å²) in [6.07, 6.45) is -0.226. The first-order chi connectivity index (χ1) is 9.35. The van der Waals surface area contributed by atoms with Crippen molar-refractivity contribution in [1.29, 1.82) is 0 Å². The molecule has 0 saturated carbocycles. The molecule has 1 fully saturated rings. The van der Waals surface area contributed by atoms with Crippen molar-refractivity contribution in [3.8, 4) is 0 Å². The zero-order valence-corrected chi connectivity index (χ0v) is 13.7. The molecule has 0 unspecified atom stereocenters. The van der Waals surface area contributed by atoms with Crippen LogP contribution in [0, 0.1) is 0 Å². The van der Waals surface area contributed by atoms with Crippen LogP contribution in [-0.2, 0) is 11.3 Å². The van der Waals surface area contributed by atoms with E-state index < -0.39 is 5.60 Å². The molecule has 1 N–H and O–H groups in total. The van der Waals surface area contributed by atoms with Gasteiger partial charge >= 0.3 is 6.09 Å². The molecule has 1 aromatic carbocycles. The monoisotopic (exact) mass is 340 g/mol. The Morgan fingerprint density at radius 2 is 2.05 bits per heavy atom. The van der Waals surface area contributed by atoms with Gasteiger partial charge in [0.15, 0.2) is 0 Å². The number of carbonyl (C=O) groups excluding carboxylic acids is 1. The second kappa shape index (κ2) is 6.14. The van der Waals surface area contributed by atoms with Gasteiger partial charge in [0, 0.05) is 30.1 Å². The maximum atomic E-state index is 11.8. The molecule has 1 aliphatic heterocycles. The van der Waals surface area contributed by atoms with Gasteiger partial charge in [-0.3, -0.25) is 0 Å².